The van der Waals surface area contributed by atoms with Crippen LogP contribution in [0.3, 0.4) is 0 Å². The predicted molar refractivity (Wildman–Crippen MR) is 60.3 cm³/mol. The lowest BCUT2D eigenvalue weighted by molar-refractivity contribution is 0.351. The van der Waals surface area contributed by atoms with Gasteiger partial charge >= 0.3 is 6.72 Å². The van der Waals surface area contributed by atoms with Crippen LogP contribution < -0.4 is 9.26 Å². The van der Waals surface area contributed by atoms with Crippen molar-refractivity contribution in [3.8, 4) is 11.5 Å². The Morgan fingerprint density at radius 3 is 2.93 bits per heavy atom. The lowest BCUT2D eigenvalue weighted by atomic mass is 10.1. The van der Waals surface area contributed by atoms with E-state index in [4.69, 9.17) is 19.0 Å². The van der Waals surface area contributed by atoms with Gasteiger partial charge in [-0.05, 0) is 18.2 Å². The summed E-state index contributed by atoms with van der Waals surface area (Å²) in [6.45, 7) is -3.16. The van der Waals surface area contributed by atoms with Crippen molar-refractivity contribution >= 4 is 24.6 Å². The second kappa shape index (κ2) is 3.94. The number of rotatable bonds is 2. The maximum atomic E-state index is 8.98. The third-order valence-corrected chi connectivity index (χ3v) is 2.51. The highest BCUT2D eigenvalue weighted by Crippen LogP contribution is 2.40. The minimum Gasteiger partial charge on any atom is -0.489 e. The Morgan fingerprint density at radius 2 is 2.20 bits per heavy atom. The SMILES string of the molecule is OP(O)(=S)Oc1ccc2c(c1)OCC=C2. The third-order valence-electron chi connectivity index (χ3n) is 1.84. The van der Waals surface area contributed by atoms with Crippen LogP contribution in [0.5, 0.6) is 11.5 Å². The molecule has 0 unspecified atom stereocenters. The zero-order chi connectivity index (χ0) is 10.9. The van der Waals surface area contributed by atoms with Gasteiger partial charge in [-0.1, -0.05) is 6.08 Å². The van der Waals surface area contributed by atoms with E-state index in [9.17, 15) is 0 Å². The molecule has 0 atom stereocenters. The highest BCUT2D eigenvalue weighted by atomic mass is 32.5. The molecule has 2 N–H and O–H groups in total. The molecule has 1 aliphatic rings. The van der Waals surface area contributed by atoms with Gasteiger partial charge in [0.05, 0.1) is 0 Å². The van der Waals surface area contributed by atoms with Crippen LogP contribution in [0.1, 0.15) is 5.56 Å². The normalized spacial score (nSPS) is 14.3. The Labute approximate surface area is 92.0 Å². The highest BCUT2D eigenvalue weighted by molar-refractivity contribution is 8.06. The van der Waals surface area contributed by atoms with E-state index < -0.39 is 6.72 Å². The molecular formula is C9H9O4PS. The van der Waals surface area contributed by atoms with Gasteiger partial charge in [0.2, 0.25) is 0 Å². The van der Waals surface area contributed by atoms with E-state index in [0.29, 0.717) is 18.1 Å². The fourth-order valence-electron chi connectivity index (χ4n) is 1.28. The van der Waals surface area contributed by atoms with Crippen LogP contribution in [0.15, 0.2) is 24.3 Å². The molecule has 0 aromatic heterocycles. The molecule has 0 saturated heterocycles. The average Bonchev–Trinajstić information content (AvgIpc) is 2.15. The molecule has 80 valence electrons. The molecule has 1 aromatic rings. The van der Waals surface area contributed by atoms with Gasteiger partial charge in [0.25, 0.3) is 0 Å². The van der Waals surface area contributed by atoms with Gasteiger partial charge in [0.15, 0.2) is 0 Å². The average molecular weight is 244 g/mol. The topological polar surface area (TPSA) is 58.9 Å². The number of fused-ring (bicyclic) bond motifs is 1. The van der Waals surface area contributed by atoms with Gasteiger partial charge < -0.3 is 19.0 Å². The van der Waals surface area contributed by atoms with Gasteiger partial charge in [0.1, 0.15) is 18.1 Å². The first-order valence-corrected chi connectivity index (χ1v) is 6.86. The van der Waals surface area contributed by atoms with Gasteiger partial charge in [0, 0.05) is 23.4 Å². The predicted octanol–water partition coefficient (Wildman–Crippen LogP) is 1.68. The molecule has 1 aliphatic heterocycles. The summed E-state index contributed by atoms with van der Waals surface area (Å²) in [4.78, 5) is 18.0. The molecule has 0 spiro atoms. The second-order valence-corrected chi connectivity index (χ2v) is 5.59. The van der Waals surface area contributed by atoms with Crippen LogP contribution in [0.2, 0.25) is 0 Å². The van der Waals surface area contributed by atoms with Crippen LogP contribution in [-0.4, -0.2) is 16.4 Å². The molecule has 0 radical (unpaired) electrons. The molecule has 1 aromatic carbocycles. The number of hydrogen-bond donors (Lipinski definition) is 2. The molecule has 4 nitrogen and oxygen atoms in total. The Morgan fingerprint density at radius 1 is 1.40 bits per heavy atom. The number of hydrogen-bond acceptors (Lipinski definition) is 3. The molecule has 0 aliphatic carbocycles. The Hall–Kier alpha value is -0.870. The van der Waals surface area contributed by atoms with Gasteiger partial charge in [-0.25, -0.2) is 0 Å². The standard InChI is InChI=1S/C9H9O4PS/c10-14(11,15)13-8-4-3-7-2-1-5-12-9(7)6-8/h1-4,6H,5H2,(H2,10,11,15). The van der Waals surface area contributed by atoms with Crippen molar-refractivity contribution in [1.29, 1.82) is 0 Å². The minimum absolute atomic E-state index is 0.303. The van der Waals surface area contributed by atoms with Crippen LogP contribution >= 0.6 is 6.72 Å². The summed E-state index contributed by atoms with van der Waals surface area (Å²) >= 11 is 4.37. The first-order valence-electron chi connectivity index (χ1n) is 4.23. The third kappa shape index (κ3) is 2.79. The maximum absolute atomic E-state index is 8.98. The maximum Gasteiger partial charge on any atom is 0.375 e. The highest BCUT2D eigenvalue weighted by Gasteiger charge is 2.12. The number of benzene rings is 1. The van der Waals surface area contributed by atoms with E-state index in [-0.39, 0.29) is 0 Å². The van der Waals surface area contributed by atoms with E-state index in [1.807, 2.05) is 12.2 Å². The molecule has 0 amide bonds. The van der Waals surface area contributed by atoms with Crippen molar-refractivity contribution in [1.82, 2.24) is 0 Å². The first-order chi connectivity index (χ1) is 7.04. The Balaban J connectivity index is 2.29. The number of ether oxygens (including phenoxy) is 1. The molecule has 0 fully saturated rings. The molecule has 0 bridgehead atoms. The molecule has 6 heteroatoms. The van der Waals surface area contributed by atoms with Crippen LogP contribution in [0.4, 0.5) is 0 Å². The fourth-order valence-corrected chi connectivity index (χ4v) is 1.93. The Kier molecular flexibility index (Phi) is 2.80. The summed E-state index contributed by atoms with van der Waals surface area (Å²) in [6, 6.07) is 4.98. The fraction of sp³-hybridized carbons (Fsp3) is 0.111. The van der Waals surface area contributed by atoms with Gasteiger partial charge in [-0.15, -0.1) is 0 Å². The summed E-state index contributed by atoms with van der Waals surface area (Å²) in [5.74, 6) is 0.954. The lowest BCUT2D eigenvalue weighted by Crippen LogP contribution is -2.00. The summed E-state index contributed by atoms with van der Waals surface area (Å²) < 4.78 is 10.1. The first kappa shape index (κ1) is 10.6. The van der Waals surface area contributed by atoms with E-state index in [0.717, 1.165) is 5.56 Å². The molecule has 0 saturated carbocycles. The smallest absolute Gasteiger partial charge is 0.375 e. The second-order valence-electron chi connectivity index (χ2n) is 2.99. The largest absolute Gasteiger partial charge is 0.489 e. The summed E-state index contributed by atoms with van der Waals surface area (Å²) in [5, 5.41) is 0. The van der Waals surface area contributed by atoms with Crippen molar-refractivity contribution in [3.63, 3.8) is 0 Å². The van der Waals surface area contributed by atoms with E-state index in [1.54, 1.807) is 18.2 Å². The van der Waals surface area contributed by atoms with Crippen LogP contribution in [0.25, 0.3) is 6.08 Å². The van der Waals surface area contributed by atoms with Crippen molar-refractivity contribution < 1.29 is 19.0 Å². The zero-order valence-corrected chi connectivity index (χ0v) is 9.37. The van der Waals surface area contributed by atoms with Crippen LogP contribution in [-0.2, 0) is 11.8 Å². The van der Waals surface area contributed by atoms with Crippen molar-refractivity contribution in [2.45, 2.75) is 0 Å². The zero-order valence-electron chi connectivity index (χ0n) is 7.66. The van der Waals surface area contributed by atoms with E-state index >= 15 is 0 Å². The van der Waals surface area contributed by atoms with Crippen molar-refractivity contribution in [2.24, 2.45) is 0 Å². The quantitative estimate of drug-likeness (QED) is 0.775. The van der Waals surface area contributed by atoms with Crippen molar-refractivity contribution in [3.05, 3.63) is 29.8 Å². The monoisotopic (exact) mass is 244 g/mol. The molecule has 2 rings (SSSR count). The lowest BCUT2D eigenvalue weighted by Gasteiger charge is -2.15. The van der Waals surface area contributed by atoms with Crippen molar-refractivity contribution in [2.75, 3.05) is 6.61 Å². The van der Waals surface area contributed by atoms with E-state index in [1.165, 1.54) is 0 Å². The summed E-state index contributed by atoms with van der Waals surface area (Å²) in [5.41, 5.74) is 0.929. The summed E-state index contributed by atoms with van der Waals surface area (Å²) in [7, 11) is 0. The molecular weight excluding hydrogens is 235 g/mol. The van der Waals surface area contributed by atoms with Crippen LogP contribution in [0, 0.1) is 0 Å². The minimum atomic E-state index is -3.66. The summed E-state index contributed by atoms with van der Waals surface area (Å²) in [6.07, 6.45) is 3.82. The Bertz CT molecular complexity index is 451. The molecule has 1 heterocycles. The molecule has 15 heavy (non-hydrogen) atoms. The van der Waals surface area contributed by atoms with E-state index in [2.05, 4.69) is 11.8 Å². The van der Waals surface area contributed by atoms with Gasteiger partial charge in [-0.3, -0.25) is 0 Å². The van der Waals surface area contributed by atoms with Gasteiger partial charge in [-0.2, -0.15) is 0 Å².